The number of carbonyl (C=O) groups excluding carboxylic acids is 2. The lowest BCUT2D eigenvalue weighted by Gasteiger charge is -2.19. The third-order valence-electron chi connectivity index (χ3n) is 4.00. The molecule has 0 aliphatic rings. The largest absolute Gasteiger partial charge is 0.493 e. The van der Waals surface area contributed by atoms with Gasteiger partial charge in [0, 0.05) is 12.6 Å². The quantitative estimate of drug-likeness (QED) is 0.675. The van der Waals surface area contributed by atoms with Gasteiger partial charge in [-0.3, -0.25) is 9.59 Å². The molecule has 0 bridgehead atoms. The predicted octanol–water partition coefficient (Wildman–Crippen LogP) is 3.63. The summed E-state index contributed by atoms with van der Waals surface area (Å²) in [6.07, 6.45) is 0.754. The van der Waals surface area contributed by atoms with Crippen LogP contribution in [0, 0.1) is 11.6 Å². The smallest absolute Gasteiger partial charge is 0.252 e. The van der Waals surface area contributed by atoms with Crippen molar-refractivity contribution in [3.05, 3.63) is 58.1 Å². The van der Waals surface area contributed by atoms with Gasteiger partial charge in [-0.2, -0.15) is 0 Å². The molecule has 0 fully saturated rings. The van der Waals surface area contributed by atoms with Crippen molar-refractivity contribution in [1.82, 2.24) is 10.6 Å². The van der Waals surface area contributed by atoms with Crippen LogP contribution < -0.4 is 20.1 Å². The summed E-state index contributed by atoms with van der Waals surface area (Å²) in [6.45, 7) is 2.34. The summed E-state index contributed by atoms with van der Waals surface area (Å²) in [7, 11) is 2.77. The molecule has 2 N–H and O–H groups in total. The van der Waals surface area contributed by atoms with Crippen LogP contribution in [-0.4, -0.2) is 32.6 Å². The highest BCUT2D eigenvalue weighted by Gasteiger charge is 2.25. The molecule has 29 heavy (non-hydrogen) atoms. The summed E-state index contributed by atoms with van der Waals surface area (Å²) >= 11 is 6.22. The molecule has 2 amide bonds. The molecule has 0 saturated heterocycles. The Labute approximate surface area is 172 Å². The lowest BCUT2D eigenvalue weighted by molar-refractivity contribution is -0.122. The van der Waals surface area contributed by atoms with E-state index in [1.54, 1.807) is 0 Å². The summed E-state index contributed by atoms with van der Waals surface area (Å²) in [5.74, 6) is -2.91. The highest BCUT2D eigenvalue weighted by Crippen LogP contribution is 2.36. The first kappa shape index (κ1) is 22.4. The molecule has 0 spiro atoms. The van der Waals surface area contributed by atoms with Crippen molar-refractivity contribution in [3.8, 4) is 11.5 Å². The van der Waals surface area contributed by atoms with Crippen LogP contribution in [0.25, 0.3) is 0 Å². The van der Waals surface area contributed by atoms with E-state index in [4.69, 9.17) is 21.1 Å². The van der Waals surface area contributed by atoms with Crippen molar-refractivity contribution >= 4 is 23.4 Å². The summed E-state index contributed by atoms with van der Waals surface area (Å²) < 4.78 is 37.6. The Morgan fingerprint density at radius 3 is 2.48 bits per heavy atom. The number of benzene rings is 2. The number of methoxy groups -OCH3 is 1. The molecule has 9 heteroatoms. The second-order valence-corrected chi connectivity index (χ2v) is 6.44. The molecule has 2 rings (SSSR count). The molecule has 1 atom stereocenters. The Morgan fingerprint density at radius 1 is 1.17 bits per heavy atom. The van der Waals surface area contributed by atoms with Gasteiger partial charge in [0.2, 0.25) is 5.91 Å². The second-order valence-electron chi connectivity index (χ2n) is 6.03. The zero-order valence-corrected chi connectivity index (χ0v) is 16.9. The molecule has 2 aromatic rings. The molecule has 0 aromatic heterocycles. The molecule has 2 aromatic carbocycles. The lowest BCUT2D eigenvalue weighted by atomic mass is 10.0. The fraction of sp³-hybridized carbons (Fsp3) is 0.300. The number of hydrogen-bond donors (Lipinski definition) is 2. The summed E-state index contributed by atoms with van der Waals surface area (Å²) in [4.78, 5) is 25.0. The van der Waals surface area contributed by atoms with Crippen molar-refractivity contribution in [3.63, 3.8) is 0 Å². The van der Waals surface area contributed by atoms with Crippen LogP contribution in [0.4, 0.5) is 8.78 Å². The minimum atomic E-state index is -1.25. The molecule has 1 unspecified atom stereocenters. The fourth-order valence-corrected chi connectivity index (χ4v) is 2.81. The Bertz CT molecular complexity index is 908. The average Bonchev–Trinajstić information content (AvgIpc) is 2.71. The molecule has 0 aliphatic carbocycles. The second kappa shape index (κ2) is 10.1. The van der Waals surface area contributed by atoms with Gasteiger partial charge in [-0.25, -0.2) is 8.78 Å². The van der Waals surface area contributed by atoms with Crippen LogP contribution in [0.15, 0.2) is 30.3 Å². The standard InChI is InChI=1S/C20H21ClF2N2O4/c1-4-7-29-18-13(21)8-12(10-16(18)28-3)19(26)25-17(20(27)24-2)11-5-6-14(22)15(23)9-11/h5-6,8-10,17H,4,7H2,1-3H3,(H,24,27)(H,25,26). The molecule has 0 heterocycles. The summed E-state index contributed by atoms with van der Waals surface area (Å²) in [6, 6.07) is 4.49. The molecule has 0 saturated carbocycles. The van der Waals surface area contributed by atoms with E-state index in [2.05, 4.69) is 10.6 Å². The van der Waals surface area contributed by atoms with E-state index in [-0.39, 0.29) is 21.9 Å². The maximum atomic E-state index is 13.6. The molecular formula is C20H21ClF2N2O4. The van der Waals surface area contributed by atoms with Gasteiger partial charge in [-0.05, 0) is 36.2 Å². The number of halogens is 3. The van der Waals surface area contributed by atoms with Crippen LogP contribution in [0.3, 0.4) is 0 Å². The van der Waals surface area contributed by atoms with Crippen LogP contribution in [0.1, 0.15) is 35.3 Å². The van der Waals surface area contributed by atoms with Gasteiger partial charge < -0.3 is 20.1 Å². The van der Waals surface area contributed by atoms with Gasteiger partial charge in [-0.15, -0.1) is 0 Å². The zero-order chi connectivity index (χ0) is 21.6. The van der Waals surface area contributed by atoms with E-state index < -0.39 is 29.5 Å². The predicted molar refractivity (Wildman–Crippen MR) is 104 cm³/mol. The molecule has 156 valence electrons. The Hall–Kier alpha value is -2.87. The van der Waals surface area contributed by atoms with Gasteiger partial charge >= 0.3 is 0 Å². The third-order valence-corrected chi connectivity index (χ3v) is 4.28. The highest BCUT2D eigenvalue weighted by molar-refractivity contribution is 6.32. The van der Waals surface area contributed by atoms with E-state index in [1.807, 2.05) is 6.92 Å². The van der Waals surface area contributed by atoms with Crippen LogP contribution in [-0.2, 0) is 4.79 Å². The SMILES string of the molecule is CCCOc1c(Cl)cc(C(=O)NC(C(=O)NC)c2ccc(F)c(F)c2)cc1OC. The Balaban J connectivity index is 2.35. The normalized spacial score (nSPS) is 11.5. The number of likely N-dealkylation sites (N-methyl/N-ethyl adjacent to an activating group) is 1. The van der Waals surface area contributed by atoms with Gasteiger partial charge in [-0.1, -0.05) is 24.6 Å². The Kier molecular flexibility index (Phi) is 7.78. The van der Waals surface area contributed by atoms with E-state index in [0.717, 1.165) is 18.6 Å². The number of rotatable bonds is 8. The van der Waals surface area contributed by atoms with Crippen molar-refractivity contribution in [2.75, 3.05) is 20.8 Å². The van der Waals surface area contributed by atoms with Gasteiger partial charge in [0.1, 0.15) is 6.04 Å². The first-order valence-electron chi connectivity index (χ1n) is 8.80. The van der Waals surface area contributed by atoms with Crippen molar-refractivity contribution in [1.29, 1.82) is 0 Å². The maximum Gasteiger partial charge on any atom is 0.252 e. The number of nitrogens with one attached hydrogen (secondary N) is 2. The van der Waals surface area contributed by atoms with E-state index in [9.17, 15) is 18.4 Å². The zero-order valence-electron chi connectivity index (χ0n) is 16.1. The number of ether oxygens (including phenoxy) is 2. The van der Waals surface area contributed by atoms with E-state index in [1.165, 1.54) is 32.4 Å². The number of carbonyl (C=O) groups is 2. The highest BCUT2D eigenvalue weighted by atomic mass is 35.5. The van der Waals surface area contributed by atoms with Crippen molar-refractivity contribution < 1.29 is 27.8 Å². The number of amides is 2. The van der Waals surface area contributed by atoms with E-state index >= 15 is 0 Å². The first-order chi connectivity index (χ1) is 13.8. The van der Waals surface area contributed by atoms with Crippen molar-refractivity contribution in [2.24, 2.45) is 0 Å². The third kappa shape index (κ3) is 5.35. The maximum absolute atomic E-state index is 13.6. The average molecular weight is 427 g/mol. The molecule has 0 radical (unpaired) electrons. The van der Waals surface area contributed by atoms with Crippen LogP contribution >= 0.6 is 11.6 Å². The topological polar surface area (TPSA) is 76.7 Å². The summed E-state index contributed by atoms with van der Waals surface area (Å²) in [5.41, 5.74) is 0.185. The summed E-state index contributed by atoms with van der Waals surface area (Å²) in [5, 5.41) is 5.03. The van der Waals surface area contributed by atoms with Gasteiger partial charge in [0.25, 0.3) is 5.91 Å². The minimum Gasteiger partial charge on any atom is -0.493 e. The minimum absolute atomic E-state index is 0.0811. The monoisotopic (exact) mass is 426 g/mol. The first-order valence-corrected chi connectivity index (χ1v) is 9.17. The Morgan fingerprint density at radius 2 is 1.90 bits per heavy atom. The van der Waals surface area contributed by atoms with Crippen molar-refractivity contribution in [2.45, 2.75) is 19.4 Å². The van der Waals surface area contributed by atoms with E-state index in [0.29, 0.717) is 12.4 Å². The molecule has 6 nitrogen and oxygen atoms in total. The van der Waals surface area contributed by atoms with Crippen LogP contribution in [0.2, 0.25) is 5.02 Å². The number of hydrogen-bond acceptors (Lipinski definition) is 4. The van der Waals surface area contributed by atoms with Crippen LogP contribution in [0.5, 0.6) is 11.5 Å². The molecular weight excluding hydrogens is 406 g/mol. The van der Waals surface area contributed by atoms with Gasteiger partial charge in [0.05, 0.1) is 18.7 Å². The molecule has 0 aliphatic heterocycles. The lowest BCUT2D eigenvalue weighted by Crippen LogP contribution is -2.39. The fourth-order valence-electron chi connectivity index (χ4n) is 2.55. The van der Waals surface area contributed by atoms with Gasteiger partial charge in [0.15, 0.2) is 23.1 Å².